The van der Waals surface area contributed by atoms with Gasteiger partial charge in [0.25, 0.3) is 5.91 Å². The molecule has 0 unspecified atom stereocenters. The van der Waals surface area contributed by atoms with Crippen molar-refractivity contribution in [3.05, 3.63) is 59.4 Å². The van der Waals surface area contributed by atoms with Crippen molar-refractivity contribution in [1.82, 2.24) is 0 Å². The van der Waals surface area contributed by atoms with Crippen LogP contribution in [0.5, 0.6) is 5.75 Å². The molecule has 0 fully saturated rings. The number of benzene rings is 2. The van der Waals surface area contributed by atoms with Crippen LogP contribution in [0.4, 0.5) is 36.4 Å². The average molecular weight is 395 g/mol. The maximum atomic E-state index is 12.8. The van der Waals surface area contributed by atoms with Crippen molar-refractivity contribution in [1.29, 1.82) is 0 Å². The zero-order valence-electron chi connectivity index (χ0n) is 13.6. The first-order valence-electron chi connectivity index (χ1n) is 7.39. The molecule has 0 saturated carbocycles. The fourth-order valence-corrected chi connectivity index (χ4v) is 2.03. The largest absolute Gasteiger partial charge is 0.481 e. The van der Waals surface area contributed by atoms with E-state index in [1.165, 1.54) is 12.1 Å². The van der Waals surface area contributed by atoms with Gasteiger partial charge in [0.15, 0.2) is 6.10 Å². The standard InChI is InChI=1S/C17H12F7NO2/c1-9(15(26)25-13-4-2-12(18)3-5-13)27-14-7-10(16(19,20)21)6-11(8-14)17(22,23)24/h2-9H,1H3,(H,25,26)/t9-/m1/s1. The van der Waals surface area contributed by atoms with Crippen LogP contribution in [0, 0.1) is 5.82 Å². The number of rotatable bonds is 4. The third kappa shape index (κ3) is 5.60. The number of nitrogens with one attached hydrogen (secondary N) is 1. The molecule has 0 spiro atoms. The van der Waals surface area contributed by atoms with Crippen molar-refractivity contribution in [3.8, 4) is 5.75 Å². The monoisotopic (exact) mass is 395 g/mol. The summed E-state index contributed by atoms with van der Waals surface area (Å²) in [6.45, 7) is 1.15. The van der Waals surface area contributed by atoms with Gasteiger partial charge in [0.1, 0.15) is 11.6 Å². The first-order valence-corrected chi connectivity index (χ1v) is 7.39. The number of anilines is 1. The van der Waals surface area contributed by atoms with Crippen LogP contribution in [-0.2, 0) is 17.1 Å². The zero-order chi connectivity index (χ0) is 20.4. The molecule has 0 heterocycles. The van der Waals surface area contributed by atoms with Gasteiger partial charge in [-0.25, -0.2) is 4.39 Å². The second kappa shape index (κ2) is 7.45. The van der Waals surface area contributed by atoms with E-state index in [2.05, 4.69) is 5.32 Å². The Morgan fingerprint density at radius 3 is 1.85 bits per heavy atom. The number of hydrogen-bond acceptors (Lipinski definition) is 2. The van der Waals surface area contributed by atoms with E-state index in [4.69, 9.17) is 4.74 Å². The Labute approximate surface area is 148 Å². The second-order valence-corrected chi connectivity index (χ2v) is 5.50. The van der Waals surface area contributed by atoms with Crippen molar-refractivity contribution in [2.24, 2.45) is 0 Å². The number of amides is 1. The van der Waals surface area contributed by atoms with E-state index >= 15 is 0 Å². The predicted molar refractivity (Wildman–Crippen MR) is 81.6 cm³/mol. The first-order chi connectivity index (χ1) is 12.4. The molecule has 10 heteroatoms. The average Bonchev–Trinajstić information content (AvgIpc) is 2.55. The van der Waals surface area contributed by atoms with Gasteiger partial charge >= 0.3 is 12.4 Å². The molecule has 2 aromatic rings. The van der Waals surface area contributed by atoms with Gasteiger partial charge in [-0.05, 0) is 49.4 Å². The zero-order valence-corrected chi connectivity index (χ0v) is 13.6. The van der Waals surface area contributed by atoms with Crippen molar-refractivity contribution < 1.29 is 40.3 Å². The highest BCUT2D eigenvalue weighted by molar-refractivity contribution is 5.94. The summed E-state index contributed by atoms with van der Waals surface area (Å²) in [6, 6.07) is 5.27. The lowest BCUT2D eigenvalue weighted by atomic mass is 10.1. The number of halogens is 7. The summed E-state index contributed by atoms with van der Waals surface area (Å²) in [6.07, 6.45) is -11.5. The molecule has 27 heavy (non-hydrogen) atoms. The van der Waals surface area contributed by atoms with Gasteiger partial charge in [-0.3, -0.25) is 4.79 Å². The lowest BCUT2D eigenvalue weighted by molar-refractivity contribution is -0.143. The summed E-state index contributed by atoms with van der Waals surface area (Å²) in [5.41, 5.74) is -2.94. The van der Waals surface area contributed by atoms with E-state index in [0.717, 1.165) is 19.1 Å². The number of hydrogen-bond donors (Lipinski definition) is 1. The van der Waals surface area contributed by atoms with Gasteiger partial charge in [-0.15, -0.1) is 0 Å². The van der Waals surface area contributed by atoms with Gasteiger partial charge in [-0.2, -0.15) is 26.3 Å². The number of ether oxygens (including phenoxy) is 1. The van der Waals surface area contributed by atoms with Crippen LogP contribution in [-0.4, -0.2) is 12.0 Å². The van der Waals surface area contributed by atoms with E-state index in [1.54, 1.807) is 0 Å². The highest BCUT2D eigenvalue weighted by Gasteiger charge is 2.37. The van der Waals surface area contributed by atoms with Crippen molar-refractivity contribution in [3.63, 3.8) is 0 Å². The molecule has 0 aliphatic carbocycles. The Balaban J connectivity index is 2.21. The molecule has 3 nitrogen and oxygen atoms in total. The van der Waals surface area contributed by atoms with Crippen molar-refractivity contribution >= 4 is 11.6 Å². The molecule has 146 valence electrons. The second-order valence-electron chi connectivity index (χ2n) is 5.50. The topological polar surface area (TPSA) is 38.3 Å². The van der Waals surface area contributed by atoms with E-state index in [-0.39, 0.29) is 11.8 Å². The lowest BCUT2D eigenvalue weighted by Gasteiger charge is -2.18. The van der Waals surface area contributed by atoms with Crippen LogP contribution in [0.3, 0.4) is 0 Å². The Morgan fingerprint density at radius 1 is 0.926 bits per heavy atom. The molecule has 0 aromatic heterocycles. The molecule has 1 N–H and O–H groups in total. The Morgan fingerprint density at radius 2 is 1.41 bits per heavy atom. The summed E-state index contributed by atoms with van der Waals surface area (Å²) < 4.78 is 94.7. The van der Waals surface area contributed by atoms with Crippen LogP contribution in [0.15, 0.2) is 42.5 Å². The molecular weight excluding hydrogens is 383 g/mol. The van der Waals surface area contributed by atoms with Crippen LogP contribution in [0.2, 0.25) is 0 Å². The Hall–Kier alpha value is -2.78. The third-order valence-electron chi connectivity index (χ3n) is 3.36. The van der Waals surface area contributed by atoms with Crippen LogP contribution >= 0.6 is 0 Å². The number of carbonyl (C=O) groups excluding carboxylic acids is 1. The van der Waals surface area contributed by atoms with Crippen LogP contribution in [0.1, 0.15) is 18.1 Å². The maximum absolute atomic E-state index is 12.8. The summed E-state index contributed by atoms with van der Waals surface area (Å²) in [5, 5.41) is 2.30. The minimum absolute atomic E-state index is 0.0455. The quantitative estimate of drug-likeness (QED) is 0.717. The molecule has 2 aromatic carbocycles. The normalized spacial score (nSPS) is 13.2. The van der Waals surface area contributed by atoms with E-state index in [9.17, 15) is 35.5 Å². The molecule has 1 atom stereocenters. The molecule has 2 rings (SSSR count). The van der Waals surface area contributed by atoms with Crippen molar-refractivity contribution in [2.75, 3.05) is 5.32 Å². The number of carbonyl (C=O) groups is 1. The minimum Gasteiger partial charge on any atom is -0.481 e. The van der Waals surface area contributed by atoms with Gasteiger partial charge < -0.3 is 10.1 Å². The molecule has 0 aliphatic rings. The smallest absolute Gasteiger partial charge is 0.416 e. The Bertz CT molecular complexity index is 781. The van der Waals surface area contributed by atoms with Crippen LogP contribution < -0.4 is 10.1 Å². The number of alkyl halides is 6. The van der Waals surface area contributed by atoms with E-state index in [1.807, 2.05) is 0 Å². The molecule has 0 saturated heterocycles. The predicted octanol–water partition coefficient (Wildman–Crippen LogP) is 5.27. The Kier molecular flexibility index (Phi) is 5.67. The van der Waals surface area contributed by atoms with Gasteiger partial charge in [0.2, 0.25) is 0 Å². The van der Waals surface area contributed by atoms with Gasteiger partial charge in [0.05, 0.1) is 11.1 Å². The lowest BCUT2D eigenvalue weighted by Crippen LogP contribution is -2.30. The molecule has 1 amide bonds. The summed E-state index contributed by atoms with van der Waals surface area (Å²) in [7, 11) is 0. The minimum atomic E-state index is -5.03. The summed E-state index contributed by atoms with van der Waals surface area (Å²) in [5.74, 6) is -2.16. The maximum Gasteiger partial charge on any atom is 0.416 e. The van der Waals surface area contributed by atoms with E-state index in [0.29, 0.717) is 12.1 Å². The highest BCUT2D eigenvalue weighted by atomic mass is 19.4. The van der Waals surface area contributed by atoms with Crippen molar-refractivity contribution in [2.45, 2.75) is 25.4 Å². The highest BCUT2D eigenvalue weighted by Crippen LogP contribution is 2.38. The fraction of sp³-hybridized carbons (Fsp3) is 0.235. The third-order valence-corrected chi connectivity index (χ3v) is 3.36. The van der Waals surface area contributed by atoms with Gasteiger partial charge in [0, 0.05) is 5.69 Å². The molecular formula is C17H12F7NO2. The molecule has 0 bridgehead atoms. The van der Waals surface area contributed by atoms with Crippen LogP contribution in [0.25, 0.3) is 0 Å². The fourth-order valence-electron chi connectivity index (χ4n) is 2.03. The molecule has 0 aliphatic heterocycles. The van der Waals surface area contributed by atoms with E-state index < -0.39 is 47.1 Å². The summed E-state index contributed by atoms with van der Waals surface area (Å²) >= 11 is 0. The first kappa shape index (κ1) is 20.5. The molecule has 0 radical (unpaired) electrons. The summed E-state index contributed by atoms with van der Waals surface area (Å²) in [4.78, 5) is 12.0. The van der Waals surface area contributed by atoms with Gasteiger partial charge in [-0.1, -0.05) is 0 Å². The SMILES string of the molecule is C[C@@H](Oc1cc(C(F)(F)F)cc(C(F)(F)F)c1)C(=O)Nc1ccc(F)cc1.